The molecule has 0 radical (unpaired) electrons. The number of hydrogen-bond donors (Lipinski definition) is 1. The molecule has 6 nitrogen and oxygen atoms in total. The monoisotopic (exact) mass is 439 g/mol. The summed E-state index contributed by atoms with van der Waals surface area (Å²) in [5, 5.41) is 3.30. The number of hydrogen-bond acceptors (Lipinski definition) is 3. The van der Waals surface area contributed by atoms with Crippen LogP contribution in [0.1, 0.15) is 45.1 Å². The summed E-state index contributed by atoms with van der Waals surface area (Å²) in [5.74, 6) is 0.111. The highest BCUT2D eigenvalue weighted by molar-refractivity contribution is 5.78. The van der Waals surface area contributed by atoms with Crippen LogP contribution in [-0.2, 0) is 17.9 Å². The Morgan fingerprint density at radius 3 is 2.47 bits per heavy atom. The highest BCUT2D eigenvalue weighted by Gasteiger charge is 2.14. The van der Waals surface area contributed by atoms with E-state index in [0.717, 1.165) is 6.42 Å². The highest BCUT2D eigenvalue weighted by atomic mass is 19.1. The summed E-state index contributed by atoms with van der Waals surface area (Å²) < 4.78 is 16.9. The van der Waals surface area contributed by atoms with Crippen LogP contribution in [0.25, 0.3) is 10.9 Å². The number of fused-ring (bicyclic) bond motifs is 1. The van der Waals surface area contributed by atoms with Crippen LogP contribution in [0.3, 0.4) is 0 Å². The lowest BCUT2D eigenvalue weighted by Gasteiger charge is -2.14. The van der Waals surface area contributed by atoms with Crippen LogP contribution in [0, 0.1) is 11.7 Å². The van der Waals surface area contributed by atoms with E-state index in [9.17, 15) is 18.8 Å². The van der Waals surface area contributed by atoms with Gasteiger partial charge in [-0.3, -0.25) is 18.7 Å². The maximum absolute atomic E-state index is 14.2. The number of carbonyl (C=O) groups is 1. The van der Waals surface area contributed by atoms with Gasteiger partial charge >= 0.3 is 5.69 Å². The Morgan fingerprint density at radius 2 is 1.72 bits per heavy atom. The van der Waals surface area contributed by atoms with Crippen LogP contribution in [0.5, 0.6) is 0 Å². The first-order chi connectivity index (χ1) is 15.4. The number of para-hydroxylation sites is 1. The summed E-state index contributed by atoms with van der Waals surface area (Å²) in [7, 11) is 0. The van der Waals surface area contributed by atoms with Crippen LogP contribution >= 0.6 is 0 Å². The quantitative estimate of drug-likeness (QED) is 0.490. The molecule has 1 aromatic heterocycles. The number of nitrogens with zero attached hydrogens (tertiary/aromatic N) is 2. The lowest BCUT2D eigenvalue weighted by molar-refractivity contribution is -0.121. The SMILES string of the molecule is CC(C)CCNC(=O)CCCCn1c(=O)c2ccccc2n(Cc2ccccc2F)c1=O. The van der Waals surface area contributed by atoms with Gasteiger partial charge in [0.15, 0.2) is 0 Å². The van der Waals surface area contributed by atoms with Gasteiger partial charge in [0.25, 0.3) is 5.56 Å². The molecule has 0 aliphatic carbocycles. The summed E-state index contributed by atoms with van der Waals surface area (Å²) >= 11 is 0. The van der Waals surface area contributed by atoms with Gasteiger partial charge in [-0.25, -0.2) is 9.18 Å². The number of rotatable bonds is 10. The Kier molecular flexibility index (Phi) is 7.98. The first kappa shape index (κ1) is 23.4. The summed E-state index contributed by atoms with van der Waals surface area (Å²) in [6.07, 6.45) is 2.37. The summed E-state index contributed by atoms with van der Waals surface area (Å²) in [5.41, 5.74) is 0.0182. The van der Waals surface area contributed by atoms with Gasteiger partial charge in [0.1, 0.15) is 5.82 Å². The fourth-order valence-corrected chi connectivity index (χ4v) is 3.66. The number of halogens is 1. The Labute approximate surface area is 186 Å². The van der Waals surface area contributed by atoms with E-state index < -0.39 is 11.5 Å². The minimum Gasteiger partial charge on any atom is -0.356 e. The number of benzene rings is 2. The first-order valence-electron chi connectivity index (χ1n) is 11.1. The molecule has 1 amide bonds. The van der Waals surface area contributed by atoms with Crippen molar-refractivity contribution in [3.8, 4) is 0 Å². The lowest BCUT2D eigenvalue weighted by Crippen LogP contribution is -2.40. The van der Waals surface area contributed by atoms with Crippen molar-refractivity contribution in [1.29, 1.82) is 0 Å². The molecule has 0 aliphatic rings. The summed E-state index contributed by atoms with van der Waals surface area (Å²) in [6.45, 7) is 5.10. The normalized spacial score (nSPS) is 11.2. The highest BCUT2D eigenvalue weighted by Crippen LogP contribution is 2.13. The Bertz CT molecular complexity index is 1200. The van der Waals surface area contributed by atoms with Crippen molar-refractivity contribution in [2.45, 2.75) is 52.6 Å². The van der Waals surface area contributed by atoms with Gasteiger partial charge in [0.05, 0.1) is 17.4 Å². The van der Waals surface area contributed by atoms with Crippen LogP contribution in [0.2, 0.25) is 0 Å². The third-order valence-corrected chi connectivity index (χ3v) is 5.50. The van der Waals surface area contributed by atoms with E-state index in [2.05, 4.69) is 19.2 Å². The Balaban J connectivity index is 1.77. The number of unbranched alkanes of at least 4 members (excludes halogenated alkanes) is 1. The third kappa shape index (κ3) is 5.72. The van der Waals surface area contributed by atoms with Crippen LogP contribution in [0.4, 0.5) is 4.39 Å². The van der Waals surface area contributed by atoms with Gasteiger partial charge in [0, 0.05) is 25.1 Å². The molecule has 0 saturated heterocycles. The molecule has 32 heavy (non-hydrogen) atoms. The van der Waals surface area contributed by atoms with Crippen LogP contribution < -0.4 is 16.6 Å². The average molecular weight is 440 g/mol. The van der Waals surface area contributed by atoms with Crippen molar-refractivity contribution < 1.29 is 9.18 Å². The molecule has 1 N–H and O–H groups in total. The molecule has 0 fully saturated rings. The molecular weight excluding hydrogens is 409 g/mol. The molecule has 0 spiro atoms. The largest absolute Gasteiger partial charge is 0.356 e. The van der Waals surface area contributed by atoms with E-state index in [1.165, 1.54) is 15.2 Å². The second-order valence-electron chi connectivity index (χ2n) is 8.42. The lowest BCUT2D eigenvalue weighted by atomic mass is 10.1. The predicted molar refractivity (Wildman–Crippen MR) is 124 cm³/mol. The molecule has 7 heteroatoms. The molecule has 170 valence electrons. The minimum absolute atomic E-state index is 0.0199. The molecule has 0 saturated carbocycles. The van der Waals surface area contributed by atoms with Gasteiger partial charge in [-0.05, 0) is 43.4 Å². The second-order valence-corrected chi connectivity index (χ2v) is 8.42. The zero-order valence-corrected chi connectivity index (χ0v) is 18.6. The molecular formula is C25H30FN3O3. The molecule has 0 unspecified atom stereocenters. The van der Waals surface area contributed by atoms with E-state index >= 15 is 0 Å². The van der Waals surface area contributed by atoms with Crippen LogP contribution in [-0.4, -0.2) is 21.6 Å². The minimum atomic E-state index is -0.474. The molecule has 0 aliphatic heterocycles. The van der Waals surface area contributed by atoms with E-state index in [0.29, 0.717) is 48.2 Å². The Hall–Kier alpha value is -3.22. The zero-order chi connectivity index (χ0) is 23.1. The fraction of sp³-hybridized carbons (Fsp3) is 0.400. The molecule has 0 bridgehead atoms. The standard InChI is InChI=1S/C25H30FN3O3/c1-18(2)14-15-27-23(30)13-7-8-16-28-24(31)20-10-4-6-12-22(20)29(25(28)32)17-19-9-3-5-11-21(19)26/h3-6,9-12,18H,7-8,13-17H2,1-2H3,(H,27,30). The van der Waals surface area contributed by atoms with Gasteiger partial charge < -0.3 is 5.32 Å². The number of nitrogens with one attached hydrogen (secondary N) is 1. The number of carbonyl (C=O) groups excluding carboxylic acids is 1. The van der Waals surface area contributed by atoms with Crippen molar-refractivity contribution in [2.24, 2.45) is 5.92 Å². The third-order valence-electron chi connectivity index (χ3n) is 5.50. The predicted octanol–water partition coefficient (Wildman–Crippen LogP) is 3.68. The van der Waals surface area contributed by atoms with E-state index in [-0.39, 0.29) is 24.6 Å². The maximum Gasteiger partial charge on any atom is 0.331 e. The number of aromatic nitrogens is 2. The summed E-state index contributed by atoms with van der Waals surface area (Å²) in [6, 6.07) is 13.2. The second kappa shape index (κ2) is 10.9. The van der Waals surface area contributed by atoms with E-state index in [1.807, 2.05) is 0 Å². The molecule has 3 aromatic rings. The molecule has 2 aromatic carbocycles. The average Bonchev–Trinajstić information content (AvgIpc) is 2.77. The summed E-state index contributed by atoms with van der Waals surface area (Å²) in [4.78, 5) is 38.1. The van der Waals surface area contributed by atoms with Crippen molar-refractivity contribution >= 4 is 16.8 Å². The van der Waals surface area contributed by atoms with Gasteiger partial charge in [-0.2, -0.15) is 0 Å². The van der Waals surface area contributed by atoms with Crippen LogP contribution in [0.15, 0.2) is 58.1 Å². The zero-order valence-electron chi connectivity index (χ0n) is 18.6. The molecule has 0 atom stereocenters. The smallest absolute Gasteiger partial charge is 0.331 e. The van der Waals surface area contributed by atoms with E-state index in [4.69, 9.17) is 0 Å². The van der Waals surface area contributed by atoms with Crippen molar-refractivity contribution in [1.82, 2.24) is 14.5 Å². The maximum atomic E-state index is 14.2. The van der Waals surface area contributed by atoms with Gasteiger partial charge in [0.2, 0.25) is 5.91 Å². The molecule has 3 rings (SSSR count). The number of amides is 1. The van der Waals surface area contributed by atoms with Gasteiger partial charge in [-0.15, -0.1) is 0 Å². The van der Waals surface area contributed by atoms with Gasteiger partial charge in [-0.1, -0.05) is 44.2 Å². The Morgan fingerprint density at radius 1 is 1.00 bits per heavy atom. The first-order valence-corrected chi connectivity index (χ1v) is 11.1. The molecule has 1 heterocycles. The van der Waals surface area contributed by atoms with Crippen molar-refractivity contribution in [2.75, 3.05) is 6.54 Å². The van der Waals surface area contributed by atoms with Crippen molar-refractivity contribution in [3.05, 3.63) is 80.7 Å². The fourth-order valence-electron chi connectivity index (χ4n) is 3.66. The topological polar surface area (TPSA) is 73.1 Å². The van der Waals surface area contributed by atoms with E-state index in [1.54, 1.807) is 42.5 Å². The van der Waals surface area contributed by atoms with Crippen molar-refractivity contribution in [3.63, 3.8) is 0 Å².